The van der Waals surface area contributed by atoms with Gasteiger partial charge >= 0.3 is 0 Å². The molecule has 0 bridgehead atoms. The lowest BCUT2D eigenvalue weighted by Gasteiger charge is -2.05. The third kappa shape index (κ3) is 3.86. The van der Waals surface area contributed by atoms with Crippen LogP contribution in [0.1, 0.15) is 11.1 Å². The molecular weight excluding hydrogens is 229 g/mol. The molecule has 0 aromatic heterocycles. The Morgan fingerprint density at radius 2 is 1.78 bits per heavy atom. The predicted molar refractivity (Wildman–Crippen MR) is 69.9 cm³/mol. The van der Waals surface area contributed by atoms with Gasteiger partial charge in [0.05, 0.1) is 0 Å². The highest BCUT2D eigenvalue weighted by atomic mass is 19.1. The molecule has 0 atom stereocenters. The molecule has 2 rings (SSSR count). The molecule has 0 spiro atoms. The molecule has 0 aliphatic carbocycles. The van der Waals surface area contributed by atoms with Gasteiger partial charge in [-0.3, -0.25) is 0 Å². The van der Waals surface area contributed by atoms with E-state index in [0.717, 1.165) is 30.6 Å². The molecule has 2 aromatic rings. The van der Waals surface area contributed by atoms with Gasteiger partial charge in [-0.2, -0.15) is 0 Å². The van der Waals surface area contributed by atoms with Gasteiger partial charge in [-0.15, -0.1) is 0 Å². The molecule has 18 heavy (non-hydrogen) atoms. The highest BCUT2D eigenvalue weighted by Gasteiger charge is 1.96. The van der Waals surface area contributed by atoms with Crippen LogP contribution in [0.15, 0.2) is 48.5 Å². The first kappa shape index (κ1) is 12.6. The summed E-state index contributed by atoms with van der Waals surface area (Å²) >= 11 is 0. The third-order valence-electron chi connectivity index (χ3n) is 2.74. The summed E-state index contributed by atoms with van der Waals surface area (Å²) in [5, 5.41) is 12.4. The Labute approximate surface area is 106 Å². The fourth-order valence-corrected chi connectivity index (χ4v) is 1.77. The highest BCUT2D eigenvalue weighted by Crippen LogP contribution is 2.09. The summed E-state index contributed by atoms with van der Waals surface area (Å²) in [6.07, 6.45) is 0.801. The van der Waals surface area contributed by atoms with Crippen LogP contribution in [0.3, 0.4) is 0 Å². The average molecular weight is 245 g/mol. The van der Waals surface area contributed by atoms with Gasteiger partial charge in [-0.1, -0.05) is 24.3 Å². The van der Waals surface area contributed by atoms with Crippen molar-refractivity contribution in [3.05, 3.63) is 65.5 Å². The standard InChI is InChI=1S/C15H16FNO/c16-14-3-1-2-12(10-14)8-9-17-11-13-4-6-15(18)7-5-13/h1-7,10,17-18H,8-9,11H2. The first-order valence-electron chi connectivity index (χ1n) is 5.97. The molecule has 2 nitrogen and oxygen atoms in total. The molecule has 3 heteroatoms. The smallest absolute Gasteiger partial charge is 0.123 e. The van der Waals surface area contributed by atoms with Crippen LogP contribution in [0.4, 0.5) is 4.39 Å². The van der Waals surface area contributed by atoms with Gasteiger partial charge in [0.25, 0.3) is 0 Å². The van der Waals surface area contributed by atoms with Crippen LogP contribution in [0.2, 0.25) is 0 Å². The number of aromatic hydroxyl groups is 1. The van der Waals surface area contributed by atoms with E-state index >= 15 is 0 Å². The van der Waals surface area contributed by atoms with Crippen LogP contribution in [-0.4, -0.2) is 11.7 Å². The van der Waals surface area contributed by atoms with E-state index in [9.17, 15) is 4.39 Å². The van der Waals surface area contributed by atoms with Crippen molar-refractivity contribution in [3.63, 3.8) is 0 Å². The second-order valence-electron chi connectivity index (χ2n) is 4.22. The highest BCUT2D eigenvalue weighted by molar-refractivity contribution is 5.25. The molecule has 94 valence electrons. The van der Waals surface area contributed by atoms with Crippen LogP contribution in [0.25, 0.3) is 0 Å². The van der Waals surface area contributed by atoms with Gasteiger partial charge in [0.1, 0.15) is 11.6 Å². The van der Waals surface area contributed by atoms with E-state index in [1.54, 1.807) is 24.3 Å². The summed E-state index contributed by atoms with van der Waals surface area (Å²) < 4.78 is 12.9. The zero-order chi connectivity index (χ0) is 12.8. The van der Waals surface area contributed by atoms with E-state index in [2.05, 4.69) is 5.32 Å². The quantitative estimate of drug-likeness (QED) is 0.794. The van der Waals surface area contributed by atoms with Crippen molar-refractivity contribution >= 4 is 0 Å². The van der Waals surface area contributed by atoms with E-state index in [-0.39, 0.29) is 11.6 Å². The maximum Gasteiger partial charge on any atom is 0.123 e. The van der Waals surface area contributed by atoms with Gasteiger partial charge in [-0.25, -0.2) is 4.39 Å². The normalized spacial score (nSPS) is 10.5. The van der Waals surface area contributed by atoms with Gasteiger partial charge in [0, 0.05) is 6.54 Å². The molecular formula is C15H16FNO. The Balaban J connectivity index is 1.74. The maximum atomic E-state index is 12.9. The van der Waals surface area contributed by atoms with Crippen molar-refractivity contribution < 1.29 is 9.50 Å². The van der Waals surface area contributed by atoms with Crippen molar-refractivity contribution in [1.29, 1.82) is 0 Å². The number of hydrogen-bond donors (Lipinski definition) is 2. The molecule has 0 radical (unpaired) electrons. The van der Waals surface area contributed by atoms with Gasteiger partial charge < -0.3 is 10.4 Å². The maximum absolute atomic E-state index is 12.9. The van der Waals surface area contributed by atoms with Crippen molar-refractivity contribution in [2.24, 2.45) is 0 Å². The molecule has 0 unspecified atom stereocenters. The van der Waals surface area contributed by atoms with Crippen LogP contribution < -0.4 is 5.32 Å². The topological polar surface area (TPSA) is 32.3 Å². The second kappa shape index (κ2) is 6.17. The molecule has 0 fully saturated rings. The molecule has 0 heterocycles. The zero-order valence-electron chi connectivity index (χ0n) is 10.1. The predicted octanol–water partition coefficient (Wildman–Crippen LogP) is 2.86. The molecule has 0 saturated carbocycles. The summed E-state index contributed by atoms with van der Waals surface area (Å²) in [6, 6.07) is 13.8. The summed E-state index contributed by atoms with van der Waals surface area (Å²) in [5.74, 6) is 0.0875. The molecule has 0 aliphatic heterocycles. The van der Waals surface area contributed by atoms with Gasteiger partial charge in [-0.05, 0) is 48.4 Å². The number of halogens is 1. The van der Waals surface area contributed by atoms with Crippen molar-refractivity contribution in [2.75, 3.05) is 6.54 Å². The lowest BCUT2D eigenvalue weighted by Crippen LogP contribution is -2.16. The van der Waals surface area contributed by atoms with Crippen molar-refractivity contribution in [3.8, 4) is 5.75 Å². The minimum Gasteiger partial charge on any atom is -0.508 e. The number of phenolic OH excluding ortho intramolecular Hbond substituents is 1. The first-order chi connectivity index (χ1) is 8.74. The Hall–Kier alpha value is -1.87. The third-order valence-corrected chi connectivity index (χ3v) is 2.74. The van der Waals surface area contributed by atoms with Crippen LogP contribution in [0.5, 0.6) is 5.75 Å². The molecule has 2 N–H and O–H groups in total. The molecule has 0 amide bonds. The lowest BCUT2D eigenvalue weighted by molar-refractivity contribution is 0.475. The fourth-order valence-electron chi connectivity index (χ4n) is 1.77. The molecule has 2 aromatic carbocycles. The number of phenols is 1. The summed E-state index contributed by atoms with van der Waals surface area (Å²) in [7, 11) is 0. The van der Waals surface area contributed by atoms with E-state index < -0.39 is 0 Å². The monoisotopic (exact) mass is 245 g/mol. The number of rotatable bonds is 5. The fraction of sp³-hybridized carbons (Fsp3) is 0.200. The van der Waals surface area contributed by atoms with E-state index in [1.165, 1.54) is 6.07 Å². The second-order valence-corrected chi connectivity index (χ2v) is 4.22. The van der Waals surface area contributed by atoms with Crippen molar-refractivity contribution in [2.45, 2.75) is 13.0 Å². The van der Waals surface area contributed by atoms with E-state index in [1.807, 2.05) is 18.2 Å². The zero-order valence-corrected chi connectivity index (χ0v) is 10.1. The number of hydrogen-bond acceptors (Lipinski definition) is 2. The van der Waals surface area contributed by atoms with Crippen molar-refractivity contribution in [1.82, 2.24) is 5.32 Å². The van der Waals surface area contributed by atoms with Crippen LogP contribution >= 0.6 is 0 Å². The largest absolute Gasteiger partial charge is 0.508 e. The first-order valence-corrected chi connectivity index (χ1v) is 5.97. The minimum absolute atomic E-state index is 0.189. The number of benzene rings is 2. The summed E-state index contributed by atoms with van der Waals surface area (Å²) in [4.78, 5) is 0. The minimum atomic E-state index is -0.189. The summed E-state index contributed by atoms with van der Waals surface area (Å²) in [6.45, 7) is 1.54. The molecule has 0 saturated heterocycles. The Bertz CT molecular complexity index is 496. The van der Waals surface area contributed by atoms with Gasteiger partial charge in [0.15, 0.2) is 0 Å². The summed E-state index contributed by atoms with van der Waals surface area (Å²) in [5.41, 5.74) is 2.11. The van der Waals surface area contributed by atoms with E-state index in [4.69, 9.17) is 5.11 Å². The lowest BCUT2D eigenvalue weighted by atomic mass is 10.1. The Kier molecular flexibility index (Phi) is 4.31. The van der Waals surface area contributed by atoms with E-state index in [0.29, 0.717) is 0 Å². The van der Waals surface area contributed by atoms with Gasteiger partial charge in [0.2, 0.25) is 0 Å². The number of nitrogens with one attached hydrogen (secondary N) is 1. The average Bonchev–Trinajstić information content (AvgIpc) is 2.37. The Morgan fingerprint density at radius 1 is 1.00 bits per heavy atom. The molecule has 0 aliphatic rings. The Morgan fingerprint density at radius 3 is 2.50 bits per heavy atom. The SMILES string of the molecule is Oc1ccc(CNCCc2cccc(F)c2)cc1. The van der Waals surface area contributed by atoms with Crippen LogP contribution in [0, 0.1) is 5.82 Å². The van der Waals surface area contributed by atoms with Crippen LogP contribution in [-0.2, 0) is 13.0 Å².